The Morgan fingerprint density at radius 3 is 2.93 bits per heavy atom. The van der Waals surface area contributed by atoms with E-state index in [0.717, 1.165) is 10.9 Å². The molecule has 0 aliphatic heterocycles. The molecule has 0 atom stereocenters. The third kappa shape index (κ3) is 1.25. The average molecular weight is 189 g/mol. The lowest BCUT2D eigenvalue weighted by Gasteiger charge is -2.02. The maximum Gasteiger partial charge on any atom is 0.149 e. The fourth-order valence-electron chi connectivity index (χ4n) is 1.50. The van der Waals surface area contributed by atoms with E-state index < -0.39 is 0 Å². The van der Waals surface area contributed by atoms with Gasteiger partial charge in [-0.1, -0.05) is 0 Å². The summed E-state index contributed by atoms with van der Waals surface area (Å²) in [5.41, 5.74) is 3.61. The summed E-state index contributed by atoms with van der Waals surface area (Å²) in [7, 11) is 1.97. The van der Waals surface area contributed by atoms with E-state index in [0.29, 0.717) is 5.56 Å². The van der Waals surface area contributed by atoms with Gasteiger partial charge in [-0.3, -0.25) is 16.1 Å². The molecule has 1 aromatic carbocycles. The normalized spacial score (nSPS) is 10.4. The first-order valence-corrected chi connectivity index (χ1v) is 4.26. The Kier molecular flexibility index (Phi) is 1.98. The van der Waals surface area contributed by atoms with Crippen LogP contribution in [0.25, 0.3) is 10.9 Å². The maximum absolute atomic E-state index is 8.59. The van der Waals surface area contributed by atoms with Gasteiger partial charge in [0.2, 0.25) is 0 Å². The van der Waals surface area contributed by atoms with Gasteiger partial charge in [0.25, 0.3) is 0 Å². The summed E-state index contributed by atoms with van der Waals surface area (Å²) in [4.78, 5) is 0. The Bertz CT molecular complexity index is 487. The lowest BCUT2D eigenvalue weighted by atomic mass is 10.1. The molecule has 0 saturated carbocycles. The zero-order chi connectivity index (χ0) is 10.1. The van der Waals surface area contributed by atoms with Crippen LogP contribution in [0.4, 0.5) is 0 Å². The molecule has 2 rings (SSSR count). The number of aryl methyl sites for hydroxylation is 1. The number of aromatic nitrogens is 1. The molecule has 0 saturated heterocycles. The zero-order valence-electron chi connectivity index (χ0n) is 7.78. The lowest BCUT2D eigenvalue weighted by molar-refractivity contribution is 0.234. The van der Waals surface area contributed by atoms with Gasteiger partial charge >= 0.3 is 0 Å². The van der Waals surface area contributed by atoms with Crippen molar-refractivity contribution in [2.24, 2.45) is 7.05 Å². The van der Waals surface area contributed by atoms with E-state index in [1.807, 2.05) is 41.5 Å². The van der Waals surface area contributed by atoms with E-state index in [-0.39, 0.29) is 5.84 Å². The predicted octanol–water partition coefficient (Wildman–Crippen LogP) is 1.48. The molecule has 4 heteroatoms. The summed E-state index contributed by atoms with van der Waals surface area (Å²) in [6.45, 7) is 0. The van der Waals surface area contributed by atoms with Gasteiger partial charge in [-0.2, -0.15) is 0 Å². The molecule has 0 radical (unpaired) electrons. The van der Waals surface area contributed by atoms with Crippen LogP contribution in [0, 0.1) is 5.41 Å². The standard InChI is InChI=1S/C10H11N3O/c1-13-5-4-7-6-8(10(11)12-14)2-3-9(7)13/h2-6,14H,1H3,(H2,11,12). The number of benzene rings is 1. The first-order chi connectivity index (χ1) is 6.72. The number of fused-ring (bicyclic) bond motifs is 1. The van der Waals surface area contributed by atoms with Crippen molar-refractivity contribution in [3.05, 3.63) is 36.0 Å². The molecule has 0 spiro atoms. The minimum absolute atomic E-state index is 0.00996. The van der Waals surface area contributed by atoms with Gasteiger partial charge in [0.15, 0.2) is 0 Å². The SMILES string of the molecule is Cn1ccc2cc(C(=N)NO)ccc21. The molecular weight excluding hydrogens is 178 g/mol. The molecule has 0 amide bonds. The van der Waals surface area contributed by atoms with Gasteiger partial charge in [-0.15, -0.1) is 0 Å². The minimum atomic E-state index is 0.00996. The van der Waals surface area contributed by atoms with Crippen molar-refractivity contribution in [2.75, 3.05) is 0 Å². The molecule has 0 unspecified atom stereocenters. The predicted molar refractivity (Wildman–Crippen MR) is 54.7 cm³/mol. The molecule has 72 valence electrons. The van der Waals surface area contributed by atoms with E-state index in [9.17, 15) is 0 Å². The van der Waals surface area contributed by atoms with Crippen LogP contribution in [-0.4, -0.2) is 15.6 Å². The number of nitrogens with zero attached hydrogens (tertiary/aromatic N) is 1. The van der Waals surface area contributed by atoms with Crippen LogP contribution in [0.2, 0.25) is 0 Å². The van der Waals surface area contributed by atoms with Crippen LogP contribution >= 0.6 is 0 Å². The molecule has 1 heterocycles. The van der Waals surface area contributed by atoms with Gasteiger partial charge in [-0.25, -0.2) is 0 Å². The third-order valence-corrected chi connectivity index (χ3v) is 2.29. The summed E-state index contributed by atoms with van der Waals surface area (Å²) < 4.78 is 2.01. The molecule has 0 aliphatic rings. The van der Waals surface area contributed by atoms with E-state index in [1.54, 1.807) is 6.07 Å². The number of amidine groups is 1. The molecule has 4 nitrogen and oxygen atoms in total. The quantitative estimate of drug-likeness (QED) is 0.361. The largest absolute Gasteiger partial charge is 0.351 e. The zero-order valence-corrected chi connectivity index (χ0v) is 7.78. The Hall–Kier alpha value is -1.81. The number of hydrogen-bond acceptors (Lipinski definition) is 2. The van der Waals surface area contributed by atoms with Crippen molar-refractivity contribution in [1.29, 1.82) is 5.41 Å². The minimum Gasteiger partial charge on any atom is -0.351 e. The summed E-state index contributed by atoms with van der Waals surface area (Å²) in [6.07, 6.45) is 1.96. The summed E-state index contributed by atoms with van der Waals surface area (Å²) >= 11 is 0. The summed E-state index contributed by atoms with van der Waals surface area (Å²) in [6, 6.07) is 7.56. The second kappa shape index (κ2) is 3.16. The monoisotopic (exact) mass is 189 g/mol. The van der Waals surface area contributed by atoms with Crippen molar-refractivity contribution >= 4 is 16.7 Å². The molecule has 0 aliphatic carbocycles. The summed E-state index contributed by atoms with van der Waals surface area (Å²) in [5, 5.41) is 17.0. The number of hydroxylamine groups is 1. The van der Waals surface area contributed by atoms with Crippen LogP contribution in [0.15, 0.2) is 30.5 Å². The van der Waals surface area contributed by atoms with Crippen LogP contribution in [0.3, 0.4) is 0 Å². The maximum atomic E-state index is 8.59. The first-order valence-electron chi connectivity index (χ1n) is 4.26. The lowest BCUT2D eigenvalue weighted by Crippen LogP contribution is -2.18. The van der Waals surface area contributed by atoms with Gasteiger partial charge in [0.05, 0.1) is 0 Å². The van der Waals surface area contributed by atoms with Crippen molar-refractivity contribution in [2.45, 2.75) is 0 Å². The Morgan fingerprint density at radius 1 is 1.43 bits per heavy atom. The highest BCUT2D eigenvalue weighted by atomic mass is 16.5. The van der Waals surface area contributed by atoms with Crippen molar-refractivity contribution < 1.29 is 5.21 Å². The van der Waals surface area contributed by atoms with E-state index >= 15 is 0 Å². The Balaban J connectivity index is 2.57. The number of rotatable bonds is 1. The van der Waals surface area contributed by atoms with Crippen LogP contribution in [0.1, 0.15) is 5.56 Å². The Morgan fingerprint density at radius 2 is 2.21 bits per heavy atom. The highest BCUT2D eigenvalue weighted by molar-refractivity contribution is 5.99. The van der Waals surface area contributed by atoms with E-state index in [2.05, 4.69) is 0 Å². The molecule has 14 heavy (non-hydrogen) atoms. The second-order valence-electron chi connectivity index (χ2n) is 3.19. The van der Waals surface area contributed by atoms with Crippen LogP contribution in [-0.2, 0) is 7.05 Å². The molecule has 0 bridgehead atoms. The van der Waals surface area contributed by atoms with Gasteiger partial charge < -0.3 is 4.57 Å². The molecule has 2 aromatic rings. The Labute approximate surface area is 81.2 Å². The number of nitrogens with one attached hydrogen (secondary N) is 2. The van der Waals surface area contributed by atoms with E-state index in [1.165, 1.54) is 0 Å². The third-order valence-electron chi connectivity index (χ3n) is 2.29. The fourth-order valence-corrected chi connectivity index (χ4v) is 1.50. The van der Waals surface area contributed by atoms with E-state index in [4.69, 9.17) is 10.6 Å². The number of hydrogen-bond donors (Lipinski definition) is 3. The van der Waals surface area contributed by atoms with Crippen LogP contribution < -0.4 is 5.48 Å². The topological polar surface area (TPSA) is 61.0 Å². The fraction of sp³-hybridized carbons (Fsp3) is 0.100. The van der Waals surface area contributed by atoms with Gasteiger partial charge in [0, 0.05) is 29.7 Å². The summed E-state index contributed by atoms with van der Waals surface area (Å²) in [5.74, 6) is 0.00996. The van der Waals surface area contributed by atoms with Crippen molar-refractivity contribution in [1.82, 2.24) is 10.0 Å². The molecular formula is C10H11N3O. The second-order valence-corrected chi connectivity index (χ2v) is 3.19. The van der Waals surface area contributed by atoms with Crippen LogP contribution in [0.5, 0.6) is 0 Å². The van der Waals surface area contributed by atoms with Crippen molar-refractivity contribution in [3.8, 4) is 0 Å². The average Bonchev–Trinajstić information content (AvgIpc) is 2.59. The van der Waals surface area contributed by atoms with Gasteiger partial charge in [0.1, 0.15) is 5.84 Å². The van der Waals surface area contributed by atoms with Crippen molar-refractivity contribution in [3.63, 3.8) is 0 Å². The van der Waals surface area contributed by atoms with Gasteiger partial charge in [-0.05, 0) is 24.3 Å². The molecule has 3 N–H and O–H groups in total. The highest BCUT2D eigenvalue weighted by Crippen LogP contribution is 2.16. The smallest absolute Gasteiger partial charge is 0.149 e. The first kappa shape index (κ1) is 8.77. The highest BCUT2D eigenvalue weighted by Gasteiger charge is 2.02. The molecule has 0 fully saturated rings. The molecule has 1 aromatic heterocycles.